The Bertz CT molecular complexity index is 944. The summed E-state index contributed by atoms with van der Waals surface area (Å²) in [4.78, 5) is 35.3. The van der Waals surface area contributed by atoms with Crippen molar-refractivity contribution < 1.29 is 27.5 Å². The zero-order chi connectivity index (χ0) is 20.0. The van der Waals surface area contributed by atoms with Crippen molar-refractivity contribution >= 4 is 27.6 Å². The molecule has 144 valence electrons. The van der Waals surface area contributed by atoms with Gasteiger partial charge in [0, 0.05) is 13.2 Å². The Morgan fingerprint density at radius 2 is 1.78 bits per heavy atom. The van der Waals surface area contributed by atoms with E-state index in [9.17, 15) is 22.8 Å². The minimum absolute atomic E-state index is 0.117. The summed E-state index contributed by atoms with van der Waals surface area (Å²) in [7, 11) is -1.98. The molecule has 1 aromatic carbocycles. The highest BCUT2D eigenvalue weighted by Crippen LogP contribution is 2.13. The summed E-state index contributed by atoms with van der Waals surface area (Å²) in [5, 5.41) is 2.09. The number of nitrogens with one attached hydrogen (secondary N) is 1. The number of aromatic nitrogens is 1. The first-order valence-electron chi connectivity index (χ1n) is 8.09. The fourth-order valence-corrected chi connectivity index (χ4v) is 3.44. The summed E-state index contributed by atoms with van der Waals surface area (Å²) < 4.78 is 30.6. The molecule has 0 aliphatic carbocycles. The number of hydrogen-bond donors (Lipinski definition) is 1. The van der Waals surface area contributed by atoms with E-state index >= 15 is 0 Å². The van der Waals surface area contributed by atoms with Crippen molar-refractivity contribution in [3.05, 3.63) is 53.9 Å². The van der Waals surface area contributed by atoms with Gasteiger partial charge in [-0.25, -0.2) is 8.42 Å². The largest absolute Gasteiger partial charge is 0.456 e. The Balaban J connectivity index is 1.78. The Morgan fingerprint density at radius 1 is 1.11 bits per heavy atom. The molecule has 2 rings (SSSR count). The summed E-state index contributed by atoms with van der Waals surface area (Å²) in [6, 6.07) is 9.45. The maximum absolute atomic E-state index is 12.2. The van der Waals surface area contributed by atoms with E-state index in [4.69, 9.17) is 4.74 Å². The molecule has 0 aliphatic rings. The van der Waals surface area contributed by atoms with Crippen molar-refractivity contribution in [2.75, 3.05) is 12.4 Å². The van der Waals surface area contributed by atoms with Crippen molar-refractivity contribution in [2.45, 2.75) is 18.2 Å². The number of carbonyl (C=O) groups is 3. The van der Waals surface area contributed by atoms with Gasteiger partial charge in [0.2, 0.25) is 0 Å². The van der Waals surface area contributed by atoms with E-state index in [2.05, 4.69) is 5.32 Å². The van der Waals surface area contributed by atoms with Gasteiger partial charge in [-0.3, -0.25) is 19.7 Å². The van der Waals surface area contributed by atoms with Crippen LogP contribution in [0.2, 0.25) is 0 Å². The summed E-state index contributed by atoms with van der Waals surface area (Å²) in [5.41, 5.74) is 1.20. The van der Waals surface area contributed by atoms with E-state index in [1.807, 2.05) is 6.92 Å². The number of aryl methyl sites for hydroxylation is 2. The molecule has 0 saturated heterocycles. The standard InChI is InChI=1S/C18H20N2O6S/c1-13-5-7-14(8-6-13)27(24,25)11-9-17(22)26-12-16(21)19-18(23)15-4-3-10-20(15)2/h3-8,10H,9,11-12H2,1-2H3,(H,19,21,23). The summed E-state index contributed by atoms with van der Waals surface area (Å²) in [6.45, 7) is 1.17. The van der Waals surface area contributed by atoms with Gasteiger partial charge in [-0.15, -0.1) is 0 Å². The first-order chi connectivity index (χ1) is 12.7. The van der Waals surface area contributed by atoms with Crippen LogP contribution in [0.1, 0.15) is 22.5 Å². The number of carbonyl (C=O) groups excluding carboxylic acids is 3. The predicted molar refractivity (Wildman–Crippen MR) is 96.7 cm³/mol. The van der Waals surface area contributed by atoms with Crippen molar-refractivity contribution in [1.82, 2.24) is 9.88 Å². The molecule has 0 fully saturated rings. The maximum atomic E-state index is 12.2. The van der Waals surface area contributed by atoms with Crippen molar-refractivity contribution in [3.8, 4) is 0 Å². The molecule has 8 nitrogen and oxygen atoms in total. The lowest BCUT2D eigenvalue weighted by atomic mass is 10.2. The van der Waals surface area contributed by atoms with Crippen LogP contribution in [0.25, 0.3) is 0 Å². The number of amides is 2. The number of benzene rings is 1. The normalized spacial score (nSPS) is 11.0. The summed E-state index contributed by atoms with van der Waals surface area (Å²) in [5.74, 6) is -2.69. The van der Waals surface area contributed by atoms with Crippen LogP contribution in [0.3, 0.4) is 0 Å². The fraction of sp³-hybridized carbons (Fsp3) is 0.278. The molecule has 9 heteroatoms. The minimum Gasteiger partial charge on any atom is -0.456 e. The first-order valence-corrected chi connectivity index (χ1v) is 9.75. The monoisotopic (exact) mass is 392 g/mol. The third-order valence-electron chi connectivity index (χ3n) is 3.75. The fourth-order valence-electron chi connectivity index (χ4n) is 2.22. The molecule has 0 atom stereocenters. The van der Waals surface area contributed by atoms with Gasteiger partial charge < -0.3 is 9.30 Å². The lowest BCUT2D eigenvalue weighted by molar-refractivity contribution is -0.147. The SMILES string of the molecule is Cc1ccc(S(=O)(=O)CCC(=O)OCC(=O)NC(=O)c2cccn2C)cc1. The van der Waals surface area contributed by atoms with Crippen LogP contribution in [-0.2, 0) is 31.2 Å². The number of nitrogens with zero attached hydrogens (tertiary/aromatic N) is 1. The Hall–Kier alpha value is -2.94. The molecule has 2 aromatic rings. The van der Waals surface area contributed by atoms with E-state index in [-0.39, 0.29) is 10.6 Å². The molecule has 0 bridgehead atoms. The van der Waals surface area contributed by atoms with Crippen LogP contribution in [0.4, 0.5) is 0 Å². The van der Waals surface area contributed by atoms with Gasteiger partial charge in [0.1, 0.15) is 5.69 Å². The third-order valence-corrected chi connectivity index (χ3v) is 5.48. The minimum atomic E-state index is -3.62. The smallest absolute Gasteiger partial charge is 0.307 e. The predicted octanol–water partition coefficient (Wildman–Crippen LogP) is 0.997. The second-order valence-electron chi connectivity index (χ2n) is 5.92. The Kier molecular flexibility index (Phi) is 6.51. The lowest BCUT2D eigenvalue weighted by Gasteiger charge is -2.07. The number of rotatable bonds is 7. The molecule has 0 spiro atoms. The van der Waals surface area contributed by atoms with Crippen LogP contribution in [-0.4, -0.2) is 43.1 Å². The van der Waals surface area contributed by atoms with E-state index in [0.717, 1.165) is 5.56 Å². The van der Waals surface area contributed by atoms with E-state index in [0.29, 0.717) is 0 Å². The molecule has 0 unspecified atom stereocenters. The second-order valence-corrected chi connectivity index (χ2v) is 8.03. The van der Waals surface area contributed by atoms with Crippen LogP contribution in [0, 0.1) is 6.92 Å². The highest BCUT2D eigenvalue weighted by atomic mass is 32.2. The van der Waals surface area contributed by atoms with Crippen molar-refractivity contribution in [2.24, 2.45) is 7.05 Å². The van der Waals surface area contributed by atoms with Gasteiger partial charge in [0.05, 0.1) is 17.1 Å². The molecule has 1 aromatic heterocycles. The van der Waals surface area contributed by atoms with Gasteiger partial charge in [-0.05, 0) is 31.2 Å². The Morgan fingerprint density at radius 3 is 2.37 bits per heavy atom. The average Bonchev–Trinajstić information content (AvgIpc) is 3.05. The maximum Gasteiger partial charge on any atom is 0.307 e. The number of hydrogen-bond acceptors (Lipinski definition) is 6. The number of esters is 1. The summed E-state index contributed by atoms with van der Waals surface area (Å²) >= 11 is 0. The quantitative estimate of drug-likeness (QED) is 0.704. The third kappa shape index (κ3) is 5.78. The zero-order valence-electron chi connectivity index (χ0n) is 15.0. The van der Waals surface area contributed by atoms with E-state index in [1.165, 1.54) is 22.8 Å². The van der Waals surface area contributed by atoms with Gasteiger partial charge >= 0.3 is 5.97 Å². The molecule has 1 N–H and O–H groups in total. The molecule has 1 heterocycles. The van der Waals surface area contributed by atoms with Crippen LogP contribution in [0.5, 0.6) is 0 Å². The first kappa shape index (κ1) is 20.4. The zero-order valence-corrected chi connectivity index (χ0v) is 15.8. The molecule has 27 heavy (non-hydrogen) atoms. The second kappa shape index (κ2) is 8.63. The number of imide groups is 1. The highest BCUT2D eigenvalue weighted by molar-refractivity contribution is 7.91. The molecule has 0 radical (unpaired) electrons. The lowest BCUT2D eigenvalue weighted by Crippen LogP contribution is -2.35. The number of sulfone groups is 1. The average molecular weight is 392 g/mol. The van der Waals surface area contributed by atoms with Crippen LogP contribution < -0.4 is 5.32 Å². The van der Waals surface area contributed by atoms with Crippen molar-refractivity contribution in [3.63, 3.8) is 0 Å². The molecular weight excluding hydrogens is 372 g/mol. The summed E-state index contributed by atoms with van der Waals surface area (Å²) in [6.07, 6.45) is 1.25. The highest BCUT2D eigenvalue weighted by Gasteiger charge is 2.18. The van der Waals surface area contributed by atoms with E-state index in [1.54, 1.807) is 31.4 Å². The van der Waals surface area contributed by atoms with Gasteiger partial charge in [0.25, 0.3) is 11.8 Å². The molecular formula is C18H20N2O6S. The Labute approximate surface area is 157 Å². The van der Waals surface area contributed by atoms with Crippen LogP contribution >= 0.6 is 0 Å². The number of ether oxygens (including phenoxy) is 1. The van der Waals surface area contributed by atoms with Crippen LogP contribution in [0.15, 0.2) is 47.5 Å². The molecule has 0 aliphatic heterocycles. The molecule has 0 saturated carbocycles. The van der Waals surface area contributed by atoms with Gasteiger partial charge in [-0.1, -0.05) is 17.7 Å². The molecule has 2 amide bonds. The van der Waals surface area contributed by atoms with E-state index < -0.39 is 46.4 Å². The topological polar surface area (TPSA) is 112 Å². The van der Waals surface area contributed by atoms with Crippen molar-refractivity contribution in [1.29, 1.82) is 0 Å². The van der Waals surface area contributed by atoms with Gasteiger partial charge in [-0.2, -0.15) is 0 Å². The van der Waals surface area contributed by atoms with Gasteiger partial charge in [0.15, 0.2) is 16.4 Å².